The number of hydrogen-bond donors (Lipinski definition) is 1. The summed E-state index contributed by atoms with van der Waals surface area (Å²) in [6, 6.07) is 0. The Labute approximate surface area is 42.9 Å². The summed E-state index contributed by atoms with van der Waals surface area (Å²) in [5.74, 6) is 0. The van der Waals surface area contributed by atoms with E-state index in [-0.39, 0.29) is 13.1 Å². The molecule has 1 N–H and O–H groups in total. The van der Waals surface area contributed by atoms with Crippen molar-refractivity contribution in [2.24, 2.45) is 0 Å². The van der Waals surface area contributed by atoms with Gasteiger partial charge in [-0.3, -0.25) is 0 Å². The molecule has 0 unspecified atom stereocenters. The lowest BCUT2D eigenvalue weighted by Gasteiger charge is -2.00. The molecule has 0 aliphatic rings. The Bertz CT molecular complexity index is 35.9. The summed E-state index contributed by atoms with van der Waals surface area (Å²) in [5, 5.41) is 8.30. The van der Waals surface area contributed by atoms with Gasteiger partial charge in [0.1, 0.15) is 6.79 Å². The predicted molar refractivity (Wildman–Crippen MR) is 23.8 cm³/mol. The smallest absolute Gasteiger partial charge is 0.219 e. The van der Waals surface area contributed by atoms with Gasteiger partial charge in [-0.2, -0.15) is 0 Å². The molecule has 3 heteroatoms. The molecule has 0 saturated heterocycles. The molecule has 0 heterocycles. The average molecular weight is 105 g/mol. The number of aliphatic hydroxyl groups excluding tert-OH is 1. The first-order valence-corrected chi connectivity index (χ1v) is 1.91. The van der Waals surface area contributed by atoms with Crippen LogP contribution in [0.4, 0.5) is 0 Å². The van der Waals surface area contributed by atoms with Crippen LogP contribution in [0.15, 0.2) is 0 Å². The summed E-state index contributed by atoms with van der Waals surface area (Å²) in [6.45, 7) is 1.56. The highest BCUT2D eigenvalue weighted by molar-refractivity contribution is 4.43. The lowest BCUT2D eigenvalue weighted by Crippen LogP contribution is -1.99. The zero-order chi connectivity index (χ0) is 5.70. The van der Waals surface area contributed by atoms with Gasteiger partial charge in [0.25, 0.3) is 0 Å². The molecule has 0 bridgehead atoms. The summed E-state index contributed by atoms with van der Waals surface area (Å²) in [5.41, 5.74) is 0. The summed E-state index contributed by atoms with van der Waals surface area (Å²) in [7, 11) is 1.49. The van der Waals surface area contributed by atoms with Gasteiger partial charge in [-0.25, -0.2) is 0 Å². The standard InChI is InChI=1S/C4H9O3/c1-4(5)7-3-6-2/h5H,3H2,1-2H3. The van der Waals surface area contributed by atoms with E-state index in [1.165, 1.54) is 14.0 Å². The maximum atomic E-state index is 8.30. The molecule has 0 aromatic carbocycles. The predicted octanol–water partition coefficient (Wildman–Crippen LogP) is 0.489. The normalized spacial score (nSPS) is 10.3. The molecule has 0 fully saturated rings. The molecule has 0 spiro atoms. The molecule has 7 heavy (non-hydrogen) atoms. The SMILES string of the molecule is COCO[C](C)O. The van der Waals surface area contributed by atoms with Crippen LogP contribution in [0.25, 0.3) is 0 Å². The molecule has 3 nitrogen and oxygen atoms in total. The second kappa shape index (κ2) is 4.05. The van der Waals surface area contributed by atoms with Crippen LogP contribution in [0.1, 0.15) is 6.92 Å². The topological polar surface area (TPSA) is 38.7 Å². The third-order valence-corrected chi connectivity index (χ3v) is 0.386. The Morgan fingerprint density at radius 1 is 1.71 bits per heavy atom. The number of methoxy groups -OCH3 is 1. The van der Waals surface area contributed by atoms with Crippen molar-refractivity contribution in [3.8, 4) is 0 Å². The van der Waals surface area contributed by atoms with E-state index in [1.807, 2.05) is 0 Å². The van der Waals surface area contributed by atoms with Crippen LogP contribution in [0.2, 0.25) is 0 Å². The van der Waals surface area contributed by atoms with Crippen LogP contribution < -0.4 is 0 Å². The van der Waals surface area contributed by atoms with Crippen LogP contribution in [-0.2, 0) is 9.47 Å². The van der Waals surface area contributed by atoms with Gasteiger partial charge in [-0.1, -0.05) is 0 Å². The van der Waals surface area contributed by atoms with Crippen molar-refractivity contribution in [3.63, 3.8) is 0 Å². The van der Waals surface area contributed by atoms with E-state index in [1.54, 1.807) is 0 Å². The minimum Gasteiger partial charge on any atom is -0.361 e. The first-order chi connectivity index (χ1) is 3.27. The molecule has 0 aromatic rings. The van der Waals surface area contributed by atoms with Gasteiger partial charge in [-0.15, -0.1) is 0 Å². The van der Waals surface area contributed by atoms with Gasteiger partial charge in [-0.05, 0) is 6.92 Å². The Morgan fingerprint density at radius 3 is 2.43 bits per heavy atom. The highest BCUT2D eigenvalue weighted by atomic mass is 16.7. The summed E-state index contributed by atoms with van der Waals surface area (Å²) >= 11 is 0. The molecule has 0 aliphatic carbocycles. The molecule has 0 amide bonds. The molecule has 0 saturated carbocycles. The third-order valence-electron chi connectivity index (χ3n) is 0.386. The van der Waals surface area contributed by atoms with Crippen molar-refractivity contribution in [2.45, 2.75) is 6.92 Å². The van der Waals surface area contributed by atoms with Crippen molar-refractivity contribution < 1.29 is 14.6 Å². The molecule has 0 atom stereocenters. The van der Waals surface area contributed by atoms with E-state index in [0.29, 0.717) is 0 Å². The van der Waals surface area contributed by atoms with E-state index in [4.69, 9.17) is 5.11 Å². The monoisotopic (exact) mass is 105 g/mol. The Kier molecular flexibility index (Phi) is 3.98. The Hall–Kier alpha value is -0.120. The van der Waals surface area contributed by atoms with Crippen molar-refractivity contribution in [2.75, 3.05) is 13.9 Å². The van der Waals surface area contributed by atoms with Crippen LogP contribution in [0, 0.1) is 6.29 Å². The largest absolute Gasteiger partial charge is 0.361 e. The first-order valence-electron chi connectivity index (χ1n) is 1.91. The maximum absolute atomic E-state index is 8.30. The maximum Gasteiger partial charge on any atom is 0.219 e. The number of hydrogen-bond acceptors (Lipinski definition) is 3. The molecule has 0 aromatic heterocycles. The van der Waals surface area contributed by atoms with Crippen molar-refractivity contribution in [1.82, 2.24) is 0 Å². The highest BCUT2D eigenvalue weighted by Gasteiger charge is 1.91. The lowest BCUT2D eigenvalue weighted by atomic mass is 10.8. The Morgan fingerprint density at radius 2 is 2.29 bits per heavy atom. The van der Waals surface area contributed by atoms with Crippen LogP contribution in [0.3, 0.4) is 0 Å². The fourth-order valence-corrected chi connectivity index (χ4v) is 0.144. The first kappa shape index (κ1) is 6.88. The fourth-order valence-electron chi connectivity index (χ4n) is 0.144. The molecular weight excluding hydrogens is 96.0 g/mol. The van der Waals surface area contributed by atoms with Crippen LogP contribution >= 0.6 is 0 Å². The van der Waals surface area contributed by atoms with Gasteiger partial charge in [0.05, 0.1) is 0 Å². The van der Waals surface area contributed by atoms with Crippen LogP contribution in [0.5, 0.6) is 0 Å². The lowest BCUT2D eigenvalue weighted by molar-refractivity contribution is -0.0811. The zero-order valence-electron chi connectivity index (χ0n) is 4.47. The number of ether oxygens (including phenoxy) is 2. The number of aliphatic hydroxyl groups is 1. The van der Waals surface area contributed by atoms with Gasteiger partial charge in [0, 0.05) is 7.11 Å². The third kappa shape index (κ3) is 5.88. The highest BCUT2D eigenvalue weighted by Crippen LogP contribution is 1.90. The van der Waals surface area contributed by atoms with Gasteiger partial charge >= 0.3 is 0 Å². The van der Waals surface area contributed by atoms with Crippen molar-refractivity contribution in [1.29, 1.82) is 0 Å². The molecule has 43 valence electrons. The summed E-state index contributed by atoms with van der Waals surface area (Å²) < 4.78 is 8.89. The summed E-state index contributed by atoms with van der Waals surface area (Å²) in [6.07, 6.45) is -0.0677. The molecule has 1 radical (unpaired) electrons. The van der Waals surface area contributed by atoms with E-state index < -0.39 is 0 Å². The van der Waals surface area contributed by atoms with E-state index in [9.17, 15) is 0 Å². The number of rotatable bonds is 3. The van der Waals surface area contributed by atoms with Crippen molar-refractivity contribution >= 4 is 0 Å². The molecular formula is C4H9O3. The van der Waals surface area contributed by atoms with Gasteiger partial charge in [0.2, 0.25) is 6.29 Å². The average Bonchev–Trinajstić information content (AvgIpc) is 1.61. The quantitative estimate of drug-likeness (QED) is 0.531. The molecule has 0 rings (SSSR count). The second-order valence-corrected chi connectivity index (χ2v) is 1.07. The second-order valence-electron chi connectivity index (χ2n) is 1.07. The van der Waals surface area contributed by atoms with E-state index in [0.717, 1.165) is 0 Å². The molecule has 0 aliphatic heterocycles. The van der Waals surface area contributed by atoms with Gasteiger partial charge in [0.15, 0.2) is 0 Å². The Balaban J connectivity index is 2.68. The zero-order valence-corrected chi connectivity index (χ0v) is 4.47. The minimum atomic E-state index is -0.0677. The summed E-state index contributed by atoms with van der Waals surface area (Å²) in [4.78, 5) is 0. The van der Waals surface area contributed by atoms with E-state index in [2.05, 4.69) is 9.47 Å². The van der Waals surface area contributed by atoms with E-state index >= 15 is 0 Å². The van der Waals surface area contributed by atoms with Gasteiger partial charge < -0.3 is 14.6 Å². The van der Waals surface area contributed by atoms with Crippen molar-refractivity contribution in [3.05, 3.63) is 6.29 Å². The van der Waals surface area contributed by atoms with Crippen LogP contribution in [-0.4, -0.2) is 19.0 Å². The minimum absolute atomic E-state index is 0.0677. The fraction of sp³-hybridized carbons (Fsp3) is 0.750.